The maximum Gasteiger partial charge on any atom is 2.00 e. The first-order chi connectivity index (χ1) is 3.06. The summed E-state index contributed by atoms with van der Waals surface area (Å²) in [6, 6.07) is 0. The summed E-state index contributed by atoms with van der Waals surface area (Å²) in [7, 11) is 6.16. The van der Waals surface area contributed by atoms with Gasteiger partial charge in [-0.2, -0.15) is 0 Å². The van der Waals surface area contributed by atoms with Gasteiger partial charge in [0.2, 0.25) is 0 Å². The molecule has 0 heterocycles. The van der Waals surface area contributed by atoms with E-state index in [9.17, 15) is 0 Å². The number of likely N-dealkylation sites (N-methyl/N-ethyl adjacent to an activating group) is 1. The number of nitrogens with zero attached hydrogens (tertiary/aromatic N) is 1. The van der Waals surface area contributed by atoms with Gasteiger partial charge in [-0.1, -0.05) is 0 Å². The summed E-state index contributed by atoms with van der Waals surface area (Å²) in [6.07, 6.45) is 0. The summed E-state index contributed by atoms with van der Waals surface area (Å²) < 4.78 is 0.844. The van der Waals surface area contributed by atoms with Gasteiger partial charge in [-0.05, 0) is 0 Å². The van der Waals surface area contributed by atoms with E-state index < -0.39 is 0 Å². The maximum atomic E-state index is 8.39. The van der Waals surface area contributed by atoms with E-state index in [0.717, 1.165) is 11.0 Å². The Kier molecular flexibility index (Phi) is 14.2. The second kappa shape index (κ2) is 7.58. The van der Waals surface area contributed by atoms with E-state index in [-0.39, 0.29) is 56.8 Å². The molecule has 0 unspecified atom stereocenters. The van der Waals surface area contributed by atoms with Crippen molar-refractivity contribution in [3.63, 3.8) is 0 Å². The first-order valence-electron chi connectivity index (χ1n) is 2.47. The third-order valence-corrected chi connectivity index (χ3v) is 0.771. The minimum absolute atomic E-state index is 0. The van der Waals surface area contributed by atoms with Crippen LogP contribution in [0.5, 0.6) is 0 Å². The van der Waals surface area contributed by atoms with Gasteiger partial charge in [-0.3, -0.25) is 0 Å². The van der Waals surface area contributed by atoms with Crippen molar-refractivity contribution in [1.29, 1.82) is 0 Å². The normalized spacial score (nSPS) is 9.33. The molecule has 0 spiro atoms. The minimum Gasteiger partial charge on any atom is -0.391 e. The van der Waals surface area contributed by atoms with Gasteiger partial charge >= 0.3 is 37.7 Å². The quantitative estimate of drug-likeness (QED) is 0.458. The molecule has 0 aromatic carbocycles. The fraction of sp³-hybridized carbons (Fsp3) is 1.00. The van der Waals surface area contributed by atoms with Gasteiger partial charge in [0.05, 0.1) is 27.7 Å². The molecule has 9 heavy (non-hydrogen) atoms. The molecule has 0 rings (SSSR count). The Hall–Kier alpha value is 1.47. The molecule has 0 aromatic rings. The van der Waals surface area contributed by atoms with Crippen LogP contribution in [0.25, 0.3) is 0 Å². The Morgan fingerprint density at radius 2 is 1.56 bits per heavy atom. The van der Waals surface area contributed by atoms with Crippen LogP contribution in [0, 0.1) is 0 Å². The van der Waals surface area contributed by atoms with Gasteiger partial charge in [0.15, 0.2) is 0 Å². The van der Waals surface area contributed by atoms with Gasteiger partial charge < -0.3 is 9.59 Å². The summed E-state index contributed by atoms with van der Waals surface area (Å²) in [5.74, 6) is 0. The van der Waals surface area contributed by atoms with Crippen molar-refractivity contribution in [3.8, 4) is 0 Å². The molecule has 0 amide bonds. The molecule has 0 fully saturated rings. The van der Waals surface area contributed by atoms with Crippen molar-refractivity contribution < 1.29 is 9.59 Å². The second-order valence-corrected chi connectivity index (χ2v) is 2.74. The van der Waals surface area contributed by atoms with Crippen molar-refractivity contribution in [2.45, 2.75) is 0 Å². The predicted octanol–water partition coefficient (Wildman–Crippen LogP) is -0.274. The molecule has 0 bridgehead atoms. The fourth-order valence-electron chi connectivity index (χ4n) is 0.300. The number of quaternary nitrogens is 1. The monoisotopic (exact) mass is 180 g/mol. The van der Waals surface area contributed by atoms with Crippen molar-refractivity contribution in [2.24, 2.45) is 0 Å². The number of hydrogen-bond acceptors (Lipinski definition) is 1. The molecule has 2 nitrogen and oxygen atoms in total. The van der Waals surface area contributed by atoms with E-state index in [1.165, 1.54) is 0 Å². The zero-order valence-electron chi connectivity index (χ0n) is 6.42. The molecule has 0 aliphatic rings. The predicted molar refractivity (Wildman–Crippen MR) is 43.0 cm³/mol. The number of halogens is 1. The number of aliphatic hydroxyl groups excluding tert-OH is 1. The van der Waals surface area contributed by atoms with E-state index in [1.807, 2.05) is 0 Å². The first kappa shape index (κ1) is 16.8. The first-order valence-corrected chi connectivity index (χ1v) is 2.47. The SMILES string of the molecule is C[N+](C)(C)CCO.Cl.[Ca+2]. The van der Waals surface area contributed by atoms with Crippen molar-refractivity contribution in [1.82, 2.24) is 0 Å². The fourth-order valence-corrected chi connectivity index (χ4v) is 0.300. The minimum atomic E-state index is 0. The van der Waals surface area contributed by atoms with Crippen LogP contribution in [0.2, 0.25) is 0 Å². The number of hydrogen-bond donors (Lipinski definition) is 1. The van der Waals surface area contributed by atoms with Crippen LogP contribution in [0.3, 0.4) is 0 Å². The molecular formula is C5H15CaClNO+3. The van der Waals surface area contributed by atoms with Crippen molar-refractivity contribution >= 4 is 50.1 Å². The molecule has 0 aliphatic carbocycles. The molecule has 1 N–H and O–H groups in total. The zero-order valence-corrected chi connectivity index (χ0v) is 9.45. The van der Waals surface area contributed by atoms with Crippen LogP contribution in [0.15, 0.2) is 0 Å². The van der Waals surface area contributed by atoms with Crippen LogP contribution in [-0.4, -0.2) is 81.6 Å². The Morgan fingerprint density at radius 3 is 1.56 bits per heavy atom. The van der Waals surface area contributed by atoms with Crippen LogP contribution >= 0.6 is 12.4 Å². The molecule has 0 aliphatic heterocycles. The summed E-state index contributed by atoms with van der Waals surface area (Å²) in [6.45, 7) is 1.11. The van der Waals surface area contributed by atoms with Gasteiger partial charge in [0.1, 0.15) is 6.54 Å². The molecule has 0 atom stereocenters. The van der Waals surface area contributed by atoms with Gasteiger partial charge in [0, 0.05) is 0 Å². The molecule has 52 valence electrons. The van der Waals surface area contributed by atoms with Crippen LogP contribution in [0.4, 0.5) is 0 Å². The van der Waals surface area contributed by atoms with E-state index in [4.69, 9.17) is 5.11 Å². The van der Waals surface area contributed by atoms with Crippen LogP contribution < -0.4 is 0 Å². The van der Waals surface area contributed by atoms with E-state index >= 15 is 0 Å². The van der Waals surface area contributed by atoms with Crippen molar-refractivity contribution in [3.05, 3.63) is 0 Å². The third-order valence-electron chi connectivity index (χ3n) is 0.771. The van der Waals surface area contributed by atoms with E-state index in [1.54, 1.807) is 0 Å². The Labute approximate surface area is 93.2 Å². The second-order valence-electron chi connectivity index (χ2n) is 2.74. The smallest absolute Gasteiger partial charge is 0.391 e. The molecule has 0 saturated heterocycles. The van der Waals surface area contributed by atoms with Crippen LogP contribution in [-0.2, 0) is 0 Å². The van der Waals surface area contributed by atoms with Gasteiger partial charge in [0.25, 0.3) is 0 Å². The number of rotatable bonds is 2. The Morgan fingerprint density at radius 1 is 1.22 bits per heavy atom. The van der Waals surface area contributed by atoms with Gasteiger partial charge in [-0.25, -0.2) is 0 Å². The number of aliphatic hydroxyl groups is 1. The summed E-state index contributed by atoms with van der Waals surface area (Å²) in [5.41, 5.74) is 0. The Bertz CT molecular complexity index is 55.4. The summed E-state index contributed by atoms with van der Waals surface area (Å²) >= 11 is 0. The Balaban J connectivity index is -0.000000180. The maximum absolute atomic E-state index is 8.39. The van der Waals surface area contributed by atoms with Crippen molar-refractivity contribution in [2.75, 3.05) is 34.3 Å². The largest absolute Gasteiger partial charge is 2.00 e. The van der Waals surface area contributed by atoms with Gasteiger partial charge in [-0.15, -0.1) is 12.4 Å². The summed E-state index contributed by atoms with van der Waals surface area (Å²) in [5, 5.41) is 8.39. The van der Waals surface area contributed by atoms with E-state index in [2.05, 4.69) is 21.1 Å². The molecule has 0 saturated carbocycles. The van der Waals surface area contributed by atoms with Crippen LogP contribution in [0.1, 0.15) is 0 Å². The topological polar surface area (TPSA) is 20.2 Å². The molecular weight excluding hydrogens is 166 g/mol. The zero-order chi connectivity index (χ0) is 5.91. The third kappa shape index (κ3) is 17.7. The summed E-state index contributed by atoms with van der Waals surface area (Å²) in [4.78, 5) is 0. The average molecular weight is 181 g/mol. The molecule has 0 aromatic heterocycles. The average Bonchev–Trinajstić information content (AvgIpc) is 1.30. The molecule has 0 radical (unpaired) electrons. The standard InChI is InChI=1S/C5H14NO.Ca.ClH/c1-6(2,3)4-5-7;;/h7H,4-5H2,1-3H3;;1H/q+1;+2;. The molecule has 4 heteroatoms. The van der Waals surface area contributed by atoms with E-state index in [0.29, 0.717) is 0 Å².